The molecule has 0 radical (unpaired) electrons. The Morgan fingerprint density at radius 2 is 1.60 bits per heavy atom. The van der Waals surface area contributed by atoms with Gasteiger partial charge in [0.15, 0.2) is 8.32 Å². The number of hydrogen-bond donors (Lipinski definition) is 0. The Kier molecular flexibility index (Phi) is 6.55. The second-order valence-electron chi connectivity index (χ2n) is 5.68. The zero-order chi connectivity index (χ0) is 12.1. The minimum Gasteiger partial charge on any atom is -0.351 e. The molecule has 0 bridgehead atoms. The molecule has 0 saturated heterocycles. The highest BCUT2D eigenvalue weighted by Gasteiger charge is 2.19. The highest BCUT2D eigenvalue weighted by atomic mass is 31.1. The molecule has 7 heteroatoms. The van der Waals surface area contributed by atoms with Crippen LogP contribution in [0.1, 0.15) is 0 Å². The van der Waals surface area contributed by atoms with Gasteiger partial charge in [-0.1, -0.05) is 19.6 Å². The van der Waals surface area contributed by atoms with E-state index in [1.165, 1.54) is 0 Å². The Morgan fingerprint density at radius 3 is 2.00 bits per heavy atom. The summed E-state index contributed by atoms with van der Waals surface area (Å²) in [5.41, 5.74) is 0. The lowest BCUT2D eigenvalue weighted by atomic mass is 10.9. The fourth-order valence-electron chi connectivity index (χ4n) is 0.705. The van der Waals surface area contributed by atoms with E-state index in [0.717, 1.165) is 6.04 Å². The van der Waals surface area contributed by atoms with Crippen molar-refractivity contribution < 1.29 is 18.3 Å². The van der Waals surface area contributed by atoms with Gasteiger partial charge >= 0.3 is 8.25 Å². The van der Waals surface area contributed by atoms with Gasteiger partial charge in [0.25, 0.3) is 0 Å². The average molecular weight is 270 g/mol. The molecule has 0 N–H and O–H groups in total. The first kappa shape index (κ1) is 15.5. The van der Waals surface area contributed by atoms with E-state index in [-0.39, 0.29) is 0 Å². The monoisotopic (exact) mass is 270 g/mol. The summed E-state index contributed by atoms with van der Waals surface area (Å²) in [4.78, 5) is 4.88. The molecule has 4 nitrogen and oxygen atoms in total. The largest absolute Gasteiger partial charge is 0.351 e. The first-order chi connectivity index (χ1) is 6.60. The van der Waals surface area contributed by atoms with Gasteiger partial charge in [0.2, 0.25) is 0 Å². The maximum atomic E-state index is 11.2. The molecule has 0 heterocycles. The van der Waals surface area contributed by atoms with Gasteiger partial charge in [-0.3, -0.25) is 4.57 Å². The van der Waals surface area contributed by atoms with Crippen LogP contribution in [0.4, 0.5) is 0 Å². The van der Waals surface area contributed by atoms with Crippen molar-refractivity contribution in [2.45, 2.75) is 45.3 Å². The third-order valence-electron chi connectivity index (χ3n) is 1.45. The quantitative estimate of drug-likeness (QED) is 0.233. The van der Waals surface area contributed by atoms with Crippen molar-refractivity contribution in [3.8, 4) is 0 Å². The minimum atomic E-state index is -2.46. The molecule has 1 atom stereocenters. The first-order valence-corrected chi connectivity index (χ1v) is 13.5. The Labute approximate surface area is 95.3 Å². The Bertz CT molecular complexity index is 210. The van der Waals surface area contributed by atoms with Crippen LogP contribution in [0.15, 0.2) is 0 Å². The van der Waals surface area contributed by atoms with Crippen molar-refractivity contribution in [1.82, 2.24) is 0 Å². The van der Waals surface area contributed by atoms with E-state index in [4.69, 9.17) is 13.8 Å². The molecule has 0 saturated carbocycles. The molecule has 0 aromatic rings. The molecule has 0 aromatic carbocycles. The highest BCUT2D eigenvalue weighted by molar-refractivity contribution is 7.35. The van der Waals surface area contributed by atoms with Crippen LogP contribution in [-0.2, 0) is 18.3 Å². The summed E-state index contributed by atoms with van der Waals surface area (Å²) < 4.78 is 21.2. The molecule has 15 heavy (non-hydrogen) atoms. The topological polar surface area (TPSA) is 44.8 Å². The van der Waals surface area contributed by atoms with Crippen LogP contribution < -0.4 is 0 Å². The predicted octanol–water partition coefficient (Wildman–Crippen LogP) is 3.51. The van der Waals surface area contributed by atoms with Gasteiger partial charge in [-0.15, -0.1) is 0 Å². The normalized spacial score (nSPS) is 15.3. The van der Waals surface area contributed by atoms with Crippen molar-refractivity contribution in [3.05, 3.63) is 0 Å². The highest BCUT2D eigenvalue weighted by Crippen LogP contribution is 2.29. The van der Waals surface area contributed by atoms with Crippen LogP contribution in [0.5, 0.6) is 0 Å². The third-order valence-corrected chi connectivity index (χ3v) is 6.53. The molecule has 0 rings (SSSR count). The standard InChI is InChI=1S/C8H23O4PSi2/c1-14(2,3)8-7-10-11-13(9)12-15(4,5)6/h13H,7-8H2,1-6H3. The second-order valence-corrected chi connectivity index (χ2v) is 17.0. The molecule has 0 aliphatic heterocycles. The van der Waals surface area contributed by atoms with Crippen LogP contribution in [0.3, 0.4) is 0 Å². The summed E-state index contributed by atoms with van der Waals surface area (Å²) in [7, 11) is -5.34. The maximum absolute atomic E-state index is 11.2. The lowest BCUT2D eigenvalue weighted by Crippen LogP contribution is -2.22. The molecule has 0 fully saturated rings. The molecular weight excluding hydrogens is 247 g/mol. The lowest BCUT2D eigenvalue weighted by molar-refractivity contribution is -0.202. The van der Waals surface area contributed by atoms with Crippen molar-refractivity contribution in [1.29, 1.82) is 0 Å². The van der Waals surface area contributed by atoms with Crippen molar-refractivity contribution in [2.24, 2.45) is 0 Å². The van der Waals surface area contributed by atoms with Gasteiger partial charge in [-0.2, -0.15) is 4.67 Å². The molecular formula is C8H23O4PSi2. The summed E-state index contributed by atoms with van der Waals surface area (Å²) in [5, 5.41) is 0. The Balaban J connectivity index is 3.57. The van der Waals surface area contributed by atoms with Crippen LogP contribution in [-0.4, -0.2) is 23.0 Å². The van der Waals surface area contributed by atoms with Crippen molar-refractivity contribution in [3.63, 3.8) is 0 Å². The maximum Gasteiger partial charge on any atom is 0.337 e. The molecule has 0 aliphatic carbocycles. The van der Waals surface area contributed by atoms with Crippen molar-refractivity contribution in [2.75, 3.05) is 6.61 Å². The van der Waals surface area contributed by atoms with E-state index in [9.17, 15) is 4.57 Å². The lowest BCUT2D eigenvalue weighted by Gasteiger charge is -2.17. The van der Waals surface area contributed by atoms with Gasteiger partial charge in [0, 0.05) is 8.07 Å². The summed E-state index contributed by atoms with van der Waals surface area (Å²) in [6, 6.07) is 0.995. The minimum absolute atomic E-state index is 0.501. The van der Waals surface area contributed by atoms with E-state index in [0.29, 0.717) is 6.61 Å². The Morgan fingerprint density at radius 1 is 1.07 bits per heavy atom. The number of rotatable bonds is 7. The fourth-order valence-corrected chi connectivity index (χ4v) is 3.72. The van der Waals surface area contributed by atoms with E-state index < -0.39 is 24.6 Å². The molecule has 0 amide bonds. The van der Waals surface area contributed by atoms with Crippen LogP contribution >= 0.6 is 8.25 Å². The summed E-state index contributed by atoms with van der Waals surface area (Å²) in [6.07, 6.45) is 0. The summed E-state index contributed by atoms with van der Waals surface area (Å²) in [6.45, 7) is 13.1. The Hall–Kier alpha value is 0.544. The van der Waals surface area contributed by atoms with E-state index in [2.05, 4.69) is 19.6 Å². The van der Waals surface area contributed by atoms with Crippen LogP contribution in [0.25, 0.3) is 0 Å². The smallest absolute Gasteiger partial charge is 0.337 e. The van der Waals surface area contributed by atoms with E-state index >= 15 is 0 Å². The zero-order valence-electron chi connectivity index (χ0n) is 10.5. The first-order valence-electron chi connectivity index (χ1n) is 5.13. The second kappa shape index (κ2) is 6.32. The van der Waals surface area contributed by atoms with Crippen LogP contribution in [0.2, 0.25) is 45.3 Å². The van der Waals surface area contributed by atoms with Crippen molar-refractivity contribution >= 4 is 24.6 Å². The molecule has 0 aromatic heterocycles. The van der Waals surface area contributed by atoms with Gasteiger partial charge in [0.05, 0.1) is 6.61 Å². The summed E-state index contributed by atoms with van der Waals surface area (Å²) in [5.74, 6) is 0. The zero-order valence-corrected chi connectivity index (χ0v) is 13.5. The third kappa shape index (κ3) is 12.5. The molecule has 0 spiro atoms. The van der Waals surface area contributed by atoms with Gasteiger partial charge in [-0.05, 0) is 25.7 Å². The predicted molar refractivity (Wildman–Crippen MR) is 68.6 cm³/mol. The number of hydrogen-bond acceptors (Lipinski definition) is 4. The van der Waals surface area contributed by atoms with Gasteiger partial charge in [0.1, 0.15) is 0 Å². The van der Waals surface area contributed by atoms with E-state index in [1.54, 1.807) is 0 Å². The summed E-state index contributed by atoms with van der Waals surface area (Å²) >= 11 is 0. The van der Waals surface area contributed by atoms with Crippen LogP contribution in [0, 0.1) is 0 Å². The van der Waals surface area contributed by atoms with E-state index in [1.807, 2.05) is 19.6 Å². The molecule has 92 valence electrons. The van der Waals surface area contributed by atoms with Gasteiger partial charge < -0.3 is 4.21 Å². The van der Waals surface area contributed by atoms with Gasteiger partial charge in [-0.25, -0.2) is 4.89 Å². The molecule has 1 unspecified atom stereocenters. The average Bonchev–Trinajstić information content (AvgIpc) is 1.92. The SMILES string of the molecule is C[Si](C)(C)CCOO[PH](=O)O[Si](C)(C)C. The fraction of sp³-hybridized carbons (Fsp3) is 1.00. The molecule has 0 aliphatic rings.